The molecule has 5 heteroatoms. The van der Waals surface area contributed by atoms with Crippen molar-refractivity contribution in [3.05, 3.63) is 42.2 Å². The Balaban J connectivity index is 1.67. The van der Waals surface area contributed by atoms with Gasteiger partial charge in [-0.25, -0.2) is 0 Å². The molecule has 0 amide bonds. The molecule has 0 aliphatic carbocycles. The number of oxime groups is 1. The van der Waals surface area contributed by atoms with E-state index in [4.69, 9.17) is 19.0 Å². The fourth-order valence-electron chi connectivity index (χ4n) is 2.75. The molecule has 0 aromatic heterocycles. The van der Waals surface area contributed by atoms with Crippen molar-refractivity contribution in [2.24, 2.45) is 5.16 Å². The highest BCUT2D eigenvalue weighted by molar-refractivity contribution is 6.00. The van der Waals surface area contributed by atoms with Crippen molar-refractivity contribution in [3.63, 3.8) is 0 Å². The Hall–Kier alpha value is -2.01. The molecular formula is C14H13NO4. The van der Waals surface area contributed by atoms with Gasteiger partial charge in [0.15, 0.2) is 6.10 Å². The van der Waals surface area contributed by atoms with Crippen LogP contribution in [0.25, 0.3) is 0 Å². The molecule has 0 saturated carbocycles. The number of nitrogens with zero attached hydrogens (tertiary/aromatic N) is 1. The SMILES string of the molecule is COc1ccc(C2OCC34OC=CC3ON=C24)cc1. The van der Waals surface area contributed by atoms with E-state index in [1.807, 2.05) is 30.3 Å². The predicted molar refractivity (Wildman–Crippen MR) is 67.0 cm³/mol. The summed E-state index contributed by atoms with van der Waals surface area (Å²) in [7, 11) is 1.65. The Kier molecular flexibility index (Phi) is 2.14. The van der Waals surface area contributed by atoms with Gasteiger partial charge in [-0.3, -0.25) is 0 Å². The highest BCUT2D eigenvalue weighted by atomic mass is 16.7. The van der Waals surface area contributed by atoms with Crippen LogP contribution in [-0.4, -0.2) is 31.1 Å². The summed E-state index contributed by atoms with van der Waals surface area (Å²) < 4.78 is 16.7. The van der Waals surface area contributed by atoms with E-state index < -0.39 is 5.60 Å². The highest BCUT2D eigenvalue weighted by Gasteiger charge is 2.61. The molecule has 0 N–H and O–H groups in total. The first-order valence-electron chi connectivity index (χ1n) is 6.18. The van der Waals surface area contributed by atoms with Gasteiger partial charge in [0.2, 0.25) is 5.60 Å². The molecule has 0 radical (unpaired) electrons. The van der Waals surface area contributed by atoms with Crippen LogP contribution < -0.4 is 4.74 Å². The summed E-state index contributed by atoms with van der Waals surface area (Å²) in [5.74, 6) is 0.817. The van der Waals surface area contributed by atoms with Crippen LogP contribution in [0.15, 0.2) is 41.8 Å². The maximum Gasteiger partial charge on any atom is 0.218 e. The third-order valence-corrected chi connectivity index (χ3v) is 3.82. The Morgan fingerprint density at radius 3 is 2.95 bits per heavy atom. The molecule has 3 aliphatic rings. The Morgan fingerprint density at radius 2 is 2.16 bits per heavy atom. The van der Waals surface area contributed by atoms with Crippen molar-refractivity contribution in [1.29, 1.82) is 0 Å². The van der Waals surface area contributed by atoms with Gasteiger partial charge >= 0.3 is 0 Å². The van der Waals surface area contributed by atoms with E-state index in [9.17, 15) is 0 Å². The van der Waals surface area contributed by atoms with E-state index in [0.717, 1.165) is 17.0 Å². The molecule has 3 heterocycles. The van der Waals surface area contributed by atoms with Crippen LogP contribution in [0.4, 0.5) is 0 Å². The monoisotopic (exact) mass is 259 g/mol. The molecule has 1 saturated heterocycles. The molecule has 4 rings (SSSR count). The maximum absolute atomic E-state index is 5.87. The smallest absolute Gasteiger partial charge is 0.218 e. The van der Waals surface area contributed by atoms with Gasteiger partial charge in [0.1, 0.15) is 17.6 Å². The molecule has 3 atom stereocenters. The molecule has 5 nitrogen and oxygen atoms in total. The van der Waals surface area contributed by atoms with Crippen molar-refractivity contribution in [2.75, 3.05) is 13.7 Å². The van der Waals surface area contributed by atoms with Crippen LogP contribution in [-0.2, 0) is 14.3 Å². The van der Waals surface area contributed by atoms with Gasteiger partial charge in [0.05, 0.1) is 20.0 Å². The number of methoxy groups -OCH3 is 1. The quantitative estimate of drug-likeness (QED) is 0.812. The standard InChI is InChI=1S/C14H13NO4/c1-16-10-4-2-9(3-5-10)12-13-14(8-17-12)11(19-15-13)6-7-18-14/h2-7,11-12H,8H2,1H3. The van der Waals surface area contributed by atoms with E-state index in [2.05, 4.69) is 5.16 Å². The summed E-state index contributed by atoms with van der Waals surface area (Å²) in [5, 5.41) is 4.16. The van der Waals surface area contributed by atoms with Gasteiger partial charge < -0.3 is 19.0 Å². The second-order valence-electron chi connectivity index (χ2n) is 4.80. The number of ether oxygens (including phenoxy) is 3. The number of rotatable bonds is 2. The summed E-state index contributed by atoms with van der Waals surface area (Å²) in [4.78, 5) is 5.40. The predicted octanol–water partition coefficient (Wildman–Crippen LogP) is 1.80. The lowest BCUT2D eigenvalue weighted by Crippen LogP contribution is -2.43. The maximum atomic E-state index is 5.87. The van der Waals surface area contributed by atoms with Crippen molar-refractivity contribution in [1.82, 2.24) is 0 Å². The fourth-order valence-corrected chi connectivity index (χ4v) is 2.75. The fraction of sp³-hybridized carbons (Fsp3) is 0.357. The van der Waals surface area contributed by atoms with Crippen LogP contribution in [0.1, 0.15) is 11.7 Å². The second kappa shape index (κ2) is 3.74. The van der Waals surface area contributed by atoms with E-state index in [1.54, 1.807) is 13.4 Å². The van der Waals surface area contributed by atoms with Crippen LogP contribution in [0, 0.1) is 0 Å². The summed E-state index contributed by atoms with van der Waals surface area (Å²) >= 11 is 0. The van der Waals surface area contributed by atoms with Crippen molar-refractivity contribution in [3.8, 4) is 5.75 Å². The zero-order chi connectivity index (χ0) is 12.9. The van der Waals surface area contributed by atoms with Crippen molar-refractivity contribution in [2.45, 2.75) is 17.8 Å². The van der Waals surface area contributed by atoms with Gasteiger partial charge in [-0.1, -0.05) is 17.3 Å². The summed E-state index contributed by atoms with van der Waals surface area (Å²) in [5.41, 5.74) is 1.29. The zero-order valence-electron chi connectivity index (χ0n) is 10.4. The van der Waals surface area contributed by atoms with Gasteiger partial charge in [-0.2, -0.15) is 0 Å². The van der Waals surface area contributed by atoms with Crippen LogP contribution in [0.2, 0.25) is 0 Å². The first-order valence-corrected chi connectivity index (χ1v) is 6.18. The van der Waals surface area contributed by atoms with Gasteiger partial charge in [-0.15, -0.1) is 0 Å². The topological polar surface area (TPSA) is 49.3 Å². The lowest BCUT2D eigenvalue weighted by molar-refractivity contribution is -0.0364. The minimum absolute atomic E-state index is 0.161. The van der Waals surface area contributed by atoms with Crippen LogP contribution in [0.3, 0.4) is 0 Å². The third-order valence-electron chi connectivity index (χ3n) is 3.82. The van der Waals surface area contributed by atoms with E-state index in [0.29, 0.717) is 6.61 Å². The minimum Gasteiger partial charge on any atom is -0.497 e. The summed E-state index contributed by atoms with van der Waals surface area (Å²) in [6, 6.07) is 7.76. The van der Waals surface area contributed by atoms with E-state index in [-0.39, 0.29) is 12.2 Å². The Labute approximate surface area is 110 Å². The number of hydrogen-bond donors (Lipinski definition) is 0. The molecule has 3 unspecified atom stereocenters. The van der Waals surface area contributed by atoms with Crippen LogP contribution >= 0.6 is 0 Å². The first-order chi connectivity index (χ1) is 9.33. The minimum atomic E-state index is -0.551. The normalized spacial score (nSPS) is 34.3. The van der Waals surface area contributed by atoms with Crippen LogP contribution in [0.5, 0.6) is 5.75 Å². The number of hydrogen-bond acceptors (Lipinski definition) is 5. The summed E-state index contributed by atoms with van der Waals surface area (Å²) in [6.07, 6.45) is 3.16. The largest absolute Gasteiger partial charge is 0.497 e. The van der Waals surface area contributed by atoms with Crippen molar-refractivity contribution >= 4 is 5.71 Å². The van der Waals surface area contributed by atoms with Gasteiger partial charge in [0, 0.05) is 0 Å². The lowest BCUT2D eigenvalue weighted by Gasteiger charge is -2.20. The number of benzene rings is 1. The molecule has 98 valence electrons. The van der Waals surface area contributed by atoms with Crippen molar-refractivity contribution < 1.29 is 19.0 Å². The Morgan fingerprint density at radius 1 is 1.32 bits per heavy atom. The van der Waals surface area contributed by atoms with Gasteiger partial charge in [0.25, 0.3) is 0 Å². The molecule has 1 spiro atoms. The molecule has 1 fully saturated rings. The van der Waals surface area contributed by atoms with E-state index >= 15 is 0 Å². The molecular weight excluding hydrogens is 246 g/mol. The average molecular weight is 259 g/mol. The zero-order valence-corrected chi connectivity index (χ0v) is 10.4. The molecule has 19 heavy (non-hydrogen) atoms. The second-order valence-corrected chi connectivity index (χ2v) is 4.80. The highest BCUT2D eigenvalue weighted by Crippen LogP contribution is 2.45. The molecule has 1 aromatic rings. The molecule has 3 aliphatic heterocycles. The summed E-state index contributed by atoms with van der Waals surface area (Å²) in [6.45, 7) is 0.459. The lowest BCUT2D eigenvalue weighted by atomic mass is 9.90. The first kappa shape index (κ1) is 10.9. The third kappa shape index (κ3) is 1.36. The van der Waals surface area contributed by atoms with Gasteiger partial charge in [-0.05, 0) is 23.8 Å². The Bertz CT molecular complexity index is 565. The molecule has 1 aromatic carbocycles. The molecule has 0 bridgehead atoms. The van der Waals surface area contributed by atoms with E-state index in [1.165, 1.54) is 0 Å². The average Bonchev–Trinajstić information content (AvgIpc) is 3.08.